The maximum Gasteiger partial charge on any atom is 0.337 e. The standard InChI is InChI=1S/C12H18N2O4/c1-17-8-11(18-2)7-13-6-10-4-3-9(5-14-10)12(15)16/h3-5,11,13H,6-8H2,1-2H3,(H,15,16). The fraction of sp³-hybridized carbons (Fsp3) is 0.500. The van der Waals surface area contributed by atoms with E-state index in [-0.39, 0.29) is 11.7 Å². The minimum absolute atomic E-state index is 0.00621. The number of nitrogens with zero attached hydrogens (tertiary/aromatic N) is 1. The highest BCUT2D eigenvalue weighted by atomic mass is 16.5. The van der Waals surface area contributed by atoms with Crippen LogP contribution in [0.5, 0.6) is 0 Å². The van der Waals surface area contributed by atoms with Crippen molar-refractivity contribution in [3.8, 4) is 0 Å². The van der Waals surface area contributed by atoms with Crippen LogP contribution in [0.15, 0.2) is 18.3 Å². The van der Waals surface area contributed by atoms with Crippen molar-refractivity contribution in [3.05, 3.63) is 29.6 Å². The minimum Gasteiger partial charge on any atom is -0.478 e. The first kappa shape index (κ1) is 14.6. The number of rotatable bonds is 8. The molecule has 0 fully saturated rings. The van der Waals surface area contributed by atoms with E-state index in [1.807, 2.05) is 0 Å². The maximum absolute atomic E-state index is 10.6. The summed E-state index contributed by atoms with van der Waals surface area (Å²) >= 11 is 0. The van der Waals surface area contributed by atoms with E-state index in [0.717, 1.165) is 5.69 Å². The van der Waals surface area contributed by atoms with Crippen LogP contribution in [0.25, 0.3) is 0 Å². The van der Waals surface area contributed by atoms with Crippen LogP contribution >= 0.6 is 0 Å². The third-order valence-electron chi connectivity index (χ3n) is 2.44. The molecule has 0 saturated heterocycles. The Kier molecular flexibility index (Phi) is 6.27. The second kappa shape index (κ2) is 7.75. The number of carboxylic acid groups (broad SMARTS) is 1. The van der Waals surface area contributed by atoms with Gasteiger partial charge in [0.25, 0.3) is 0 Å². The van der Waals surface area contributed by atoms with Gasteiger partial charge in [0.15, 0.2) is 0 Å². The molecule has 1 aromatic heterocycles. The Morgan fingerprint density at radius 1 is 1.50 bits per heavy atom. The lowest BCUT2D eigenvalue weighted by Crippen LogP contribution is -2.31. The van der Waals surface area contributed by atoms with Crippen molar-refractivity contribution in [1.29, 1.82) is 0 Å². The summed E-state index contributed by atoms with van der Waals surface area (Å²) in [7, 11) is 3.25. The molecular formula is C12H18N2O4. The van der Waals surface area contributed by atoms with Gasteiger partial charge < -0.3 is 19.9 Å². The van der Waals surface area contributed by atoms with Crippen molar-refractivity contribution in [2.24, 2.45) is 0 Å². The Morgan fingerprint density at radius 3 is 2.78 bits per heavy atom. The molecule has 0 aliphatic heterocycles. The monoisotopic (exact) mass is 254 g/mol. The van der Waals surface area contributed by atoms with E-state index in [4.69, 9.17) is 14.6 Å². The van der Waals surface area contributed by atoms with Gasteiger partial charge in [0, 0.05) is 33.5 Å². The zero-order chi connectivity index (χ0) is 13.4. The predicted octanol–water partition coefficient (Wildman–Crippen LogP) is 0.531. The van der Waals surface area contributed by atoms with Crippen molar-refractivity contribution >= 4 is 5.97 Å². The van der Waals surface area contributed by atoms with E-state index >= 15 is 0 Å². The van der Waals surface area contributed by atoms with E-state index in [1.54, 1.807) is 20.3 Å². The first-order valence-corrected chi connectivity index (χ1v) is 5.58. The molecule has 0 amide bonds. The second-order valence-electron chi connectivity index (χ2n) is 3.79. The smallest absolute Gasteiger partial charge is 0.337 e. The van der Waals surface area contributed by atoms with Crippen LogP contribution in [0.3, 0.4) is 0 Å². The van der Waals surface area contributed by atoms with Crippen LogP contribution in [-0.4, -0.2) is 49.5 Å². The number of ether oxygens (including phenoxy) is 2. The largest absolute Gasteiger partial charge is 0.478 e. The van der Waals surface area contributed by atoms with Crippen LogP contribution in [-0.2, 0) is 16.0 Å². The van der Waals surface area contributed by atoms with E-state index in [1.165, 1.54) is 12.3 Å². The average molecular weight is 254 g/mol. The molecular weight excluding hydrogens is 236 g/mol. The summed E-state index contributed by atoms with van der Waals surface area (Å²) in [5, 5.41) is 11.9. The zero-order valence-corrected chi connectivity index (χ0v) is 10.5. The average Bonchev–Trinajstić information content (AvgIpc) is 2.38. The summed E-state index contributed by atoms with van der Waals surface area (Å²) in [5.41, 5.74) is 0.972. The summed E-state index contributed by atoms with van der Waals surface area (Å²) in [5.74, 6) is -0.971. The molecule has 0 aromatic carbocycles. The number of aromatic nitrogens is 1. The number of carbonyl (C=O) groups is 1. The summed E-state index contributed by atoms with van der Waals surface area (Å²) in [6.45, 7) is 1.73. The van der Waals surface area contributed by atoms with Crippen molar-refractivity contribution in [3.63, 3.8) is 0 Å². The fourth-order valence-corrected chi connectivity index (χ4v) is 1.41. The highest BCUT2D eigenvalue weighted by Crippen LogP contribution is 2.00. The molecule has 18 heavy (non-hydrogen) atoms. The minimum atomic E-state index is -0.971. The Morgan fingerprint density at radius 2 is 2.28 bits per heavy atom. The van der Waals surface area contributed by atoms with E-state index in [9.17, 15) is 4.79 Å². The molecule has 1 atom stereocenters. The van der Waals surface area contributed by atoms with Gasteiger partial charge in [-0.3, -0.25) is 4.98 Å². The molecule has 1 unspecified atom stereocenters. The van der Waals surface area contributed by atoms with Crippen LogP contribution in [0.1, 0.15) is 16.1 Å². The van der Waals surface area contributed by atoms with Gasteiger partial charge in [-0.15, -0.1) is 0 Å². The number of nitrogens with one attached hydrogen (secondary N) is 1. The van der Waals surface area contributed by atoms with Gasteiger partial charge in [-0.25, -0.2) is 4.79 Å². The van der Waals surface area contributed by atoms with Crippen molar-refractivity contribution in [2.75, 3.05) is 27.4 Å². The fourth-order valence-electron chi connectivity index (χ4n) is 1.41. The molecule has 6 heteroatoms. The van der Waals surface area contributed by atoms with Crippen LogP contribution < -0.4 is 5.32 Å². The zero-order valence-electron chi connectivity index (χ0n) is 10.5. The van der Waals surface area contributed by atoms with Crippen LogP contribution in [0, 0.1) is 0 Å². The highest BCUT2D eigenvalue weighted by Gasteiger charge is 2.06. The van der Waals surface area contributed by atoms with Crippen molar-refractivity contribution in [1.82, 2.24) is 10.3 Å². The molecule has 0 bridgehead atoms. The molecule has 2 N–H and O–H groups in total. The number of hydrogen-bond acceptors (Lipinski definition) is 5. The third kappa shape index (κ3) is 4.79. The van der Waals surface area contributed by atoms with Gasteiger partial charge in [-0.2, -0.15) is 0 Å². The Balaban J connectivity index is 2.37. The molecule has 1 rings (SSSR count). The van der Waals surface area contributed by atoms with E-state index in [0.29, 0.717) is 19.7 Å². The van der Waals surface area contributed by atoms with Gasteiger partial charge in [0.2, 0.25) is 0 Å². The Hall–Kier alpha value is -1.50. The third-order valence-corrected chi connectivity index (χ3v) is 2.44. The van der Waals surface area contributed by atoms with Gasteiger partial charge in [-0.1, -0.05) is 0 Å². The van der Waals surface area contributed by atoms with Gasteiger partial charge in [0.05, 0.1) is 24.0 Å². The Labute approximate surface area is 106 Å². The lowest BCUT2D eigenvalue weighted by atomic mass is 10.2. The topological polar surface area (TPSA) is 80.7 Å². The summed E-state index contributed by atoms with van der Waals surface area (Å²) < 4.78 is 10.2. The quantitative estimate of drug-likeness (QED) is 0.704. The summed E-state index contributed by atoms with van der Waals surface area (Å²) in [4.78, 5) is 14.7. The summed E-state index contributed by atoms with van der Waals surface area (Å²) in [6, 6.07) is 3.23. The molecule has 0 spiro atoms. The molecule has 6 nitrogen and oxygen atoms in total. The van der Waals surface area contributed by atoms with Gasteiger partial charge >= 0.3 is 5.97 Å². The first-order chi connectivity index (χ1) is 8.67. The second-order valence-corrected chi connectivity index (χ2v) is 3.79. The number of aromatic carboxylic acids is 1. The molecule has 1 heterocycles. The maximum atomic E-state index is 10.6. The molecule has 0 aliphatic rings. The van der Waals surface area contributed by atoms with Crippen LogP contribution in [0.4, 0.5) is 0 Å². The Bertz CT molecular complexity index is 367. The molecule has 100 valence electrons. The van der Waals surface area contributed by atoms with Gasteiger partial charge in [0.1, 0.15) is 0 Å². The first-order valence-electron chi connectivity index (χ1n) is 5.58. The highest BCUT2D eigenvalue weighted by molar-refractivity contribution is 5.87. The van der Waals surface area contributed by atoms with Crippen molar-refractivity contribution in [2.45, 2.75) is 12.6 Å². The van der Waals surface area contributed by atoms with E-state index in [2.05, 4.69) is 10.3 Å². The number of hydrogen-bond donors (Lipinski definition) is 2. The SMILES string of the molecule is COCC(CNCc1ccc(C(=O)O)cn1)OC. The molecule has 1 aromatic rings. The molecule has 0 radical (unpaired) electrons. The van der Waals surface area contributed by atoms with Crippen LogP contribution in [0.2, 0.25) is 0 Å². The lowest BCUT2D eigenvalue weighted by Gasteiger charge is -2.14. The predicted molar refractivity (Wildman–Crippen MR) is 65.6 cm³/mol. The lowest BCUT2D eigenvalue weighted by molar-refractivity contribution is 0.0287. The normalized spacial score (nSPS) is 12.3. The number of carboxylic acids is 1. The molecule has 0 aliphatic carbocycles. The van der Waals surface area contributed by atoms with E-state index < -0.39 is 5.97 Å². The van der Waals surface area contributed by atoms with Crippen molar-refractivity contribution < 1.29 is 19.4 Å². The number of pyridine rings is 1. The van der Waals surface area contributed by atoms with Gasteiger partial charge in [-0.05, 0) is 12.1 Å². The number of methoxy groups -OCH3 is 2. The molecule has 0 saturated carbocycles. The summed E-state index contributed by atoms with van der Waals surface area (Å²) in [6.07, 6.45) is 1.34.